The summed E-state index contributed by atoms with van der Waals surface area (Å²) in [5, 5.41) is 3.40. The van der Waals surface area contributed by atoms with Crippen LogP contribution >= 0.6 is 34.2 Å². The maximum absolute atomic E-state index is 12.3. The van der Waals surface area contributed by atoms with Gasteiger partial charge in [0, 0.05) is 6.04 Å². The van der Waals surface area contributed by atoms with E-state index in [1.807, 2.05) is 26.8 Å². The molecule has 152 valence electrons. The van der Waals surface area contributed by atoms with E-state index >= 15 is 0 Å². The lowest BCUT2D eigenvalue weighted by Gasteiger charge is -2.32. The Bertz CT molecular complexity index is 679. The van der Waals surface area contributed by atoms with Gasteiger partial charge in [-0.1, -0.05) is 32.4 Å². The number of carbonyl (C=O) groups excluding carboxylic acids is 1. The number of halogens is 2. The van der Waals surface area contributed by atoms with Crippen molar-refractivity contribution in [3.63, 3.8) is 0 Å². The second-order valence-electron chi connectivity index (χ2n) is 9.25. The number of amides is 1. The number of hydrogen-bond donors (Lipinski definition) is 1. The molecule has 5 nitrogen and oxygen atoms in total. The van der Waals surface area contributed by atoms with Gasteiger partial charge in [-0.3, -0.25) is 0 Å². The number of rotatable bonds is 6. The second-order valence-corrected chi connectivity index (χ2v) is 10.6. The van der Waals surface area contributed by atoms with Gasteiger partial charge in [-0.15, -0.1) is 0 Å². The Morgan fingerprint density at radius 2 is 1.96 bits per heavy atom. The predicted octanol–water partition coefficient (Wildman–Crippen LogP) is 5.61. The summed E-state index contributed by atoms with van der Waals surface area (Å²) < 4.78 is 12.1. The summed E-state index contributed by atoms with van der Waals surface area (Å²) >= 11 is 8.44. The van der Waals surface area contributed by atoms with Crippen molar-refractivity contribution in [2.75, 3.05) is 6.61 Å². The van der Waals surface area contributed by atoms with Crippen LogP contribution in [0.5, 0.6) is 5.75 Å². The van der Waals surface area contributed by atoms with Crippen LogP contribution in [0.3, 0.4) is 0 Å². The van der Waals surface area contributed by atoms with E-state index in [-0.39, 0.29) is 11.5 Å². The number of hydrogen-bond acceptors (Lipinski definition) is 4. The topological polar surface area (TPSA) is 60.5 Å². The van der Waals surface area contributed by atoms with Gasteiger partial charge in [0.2, 0.25) is 0 Å². The normalized spacial score (nSPS) is 16.0. The number of carbonyl (C=O) groups is 1. The van der Waals surface area contributed by atoms with Gasteiger partial charge in [-0.05, 0) is 85.6 Å². The van der Waals surface area contributed by atoms with E-state index in [1.165, 1.54) is 12.8 Å². The third-order valence-corrected chi connectivity index (χ3v) is 5.51. The van der Waals surface area contributed by atoms with Crippen molar-refractivity contribution in [3.8, 4) is 5.75 Å². The molecule has 0 aliphatic heterocycles. The molecule has 0 saturated heterocycles. The largest absolute Gasteiger partial charge is 0.490 e. The van der Waals surface area contributed by atoms with E-state index in [0.29, 0.717) is 29.8 Å². The van der Waals surface area contributed by atoms with Crippen LogP contribution in [0.2, 0.25) is 5.15 Å². The minimum atomic E-state index is -0.535. The number of nitrogens with zero attached hydrogens (tertiary/aromatic N) is 1. The zero-order chi connectivity index (χ0) is 20.4. The quantitative estimate of drug-likeness (QED) is 0.401. The molecule has 2 rings (SSSR count). The fourth-order valence-electron chi connectivity index (χ4n) is 2.47. The predicted molar refractivity (Wildman–Crippen MR) is 116 cm³/mol. The van der Waals surface area contributed by atoms with E-state index in [2.05, 4.69) is 53.7 Å². The average molecular weight is 509 g/mol. The number of alkyl carbamates (subject to hydrolysis) is 1. The van der Waals surface area contributed by atoms with Crippen molar-refractivity contribution in [3.05, 3.63) is 20.5 Å². The molecule has 1 atom stereocenters. The Balaban J connectivity index is 2.15. The highest BCUT2D eigenvalue weighted by Gasteiger charge is 2.30. The Morgan fingerprint density at radius 3 is 2.48 bits per heavy atom. The molecular weight excluding hydrogens is 479 g/mol. The number of ether oxygens (including phenoxy) is 2. The molecule has 1 aliphatic carbocycles. The molecular formula is C20H30ClIN2O3. The molecule has 1 aromatic heterocycles. The highest BCUT2D eigenvalue weighted by molar-refractivity contribution is 14.1. The summed E-state index contributed by atoms with van der Waals surface area (Å²) in [5.41, 5.74) is 0.308. The van der Waals surface area contributed by atoms with Crippen LogP contribution in [-0.4, -0.2) is 29.3 Å². The van der Waals surface area contributed by atoms with Crippen LogP contribution in [-0.2, 0) is 11.2 Å². The van der Waals surface area contributed by atoms with Crippen molar-refractivity contribution < 1.29 is 14.3 Å². The Morgan fingerprint density at radius 1 is 1.33 bits per heavy atom. The van der Waals surface area contributed by atoms with E-state index in [0.717, 1.165) is 9.26 Å². The average Bonchev–Trinajstić information content (AvgIpc) is 3.29. The number of nitrogens with one attached hydrogen (secondary N) is 1. The fourth-order valence-corrected chi connectivity index (χ4v) is 3.42. The van der Waals surface area contributed by atoms with Crippen LogP contribution in [0.25, 0.3) is 0 Å². The summed E-state index contributed by atoms with van der Waals surface area (Å²) in [7, 11) is 0. The van der Waals surface area contributed by atoms with Crippen molar-refractivity contribution in [2.45, 2.75) is 72.4 Å². The highest BCUT2D eigenvalue weighted by atomic mass is 127. The SMILES string of the molecule is CC(C)(C)OC(=O)N[C@@H](Cc1cc(OCC2CC2)c(Cl)nc1I)C(C)(C)C. The second kappa shape index (κ2) is 8.72. The van der Waals surface area contributed by atoms with Crippen LogP contribution in [0.4, 0.5) is 4.79 Å². The van der Waals surface area contributed by atoms with Crippen molar-refractivity contribution >= 4 is 40.3 Å². The highest BCUT2D eigenvalue weighted by Crippen LogP contribution is 2.33. The Kier molecular flexibility index (Phi) is 7.28. The Labute approximate surface area is 181 Å². The van der Waals surface area contributed by atoms with Crippen molar-refractivity contribution in [1.82, 2.24) is 10.3 Å². The molecule has 0 bridgehead atoms. The van der Waals surface area contributed by atoms with Gasteiger partial charge in [-0.25, -0.2) is 9.78 Å². The number of pyridine rings is 1. The molecule has 1 saturated carbocycles. The fraction of sp³-hybridized carbons (Fsp3) is 0.700. The maximum Gasteiger partial charge on any atom is 0.407 e. The first-order valence-electron chi connectivity index (χ1n) is 9.32. The van der Waals surface area contributed by atoms with Gasteiger partial charge in [0.05, 0.1) is 6.61 Å². The van der Waals surface area contributed by atoms with Crippen LogP contribution < -0.4 is 10.1 Å². The lowest BCUT2D eigenvalue weighted by Crippen LogP contribution is -2.47. The number of aromatic nitrogens is 1. The summed E-state index contributed by atoms with van der Waals surface area (Å²) in [4.78, 5) is 16.7. The minimum Gasteiger partial charge on any atom is -0.490 e. The van der Waals surface area contributed by atoms with Crippen LogP contribution in [0.1, 0.15) is 59.9 Å². The summed E-state index contributed by atoms with van der Waals surface area (Å²) in [6.45, 7) is 12.5. The first-order chi connectivity index (χ1) is 12.3. The molecule has 1 heterocycles. The lowest BCUT2D eigenvalue weighted by atomic mass is 9.83. The zero-order valence-corrected chi connectivity index (χ0v) is 19.9. The maximum atomic E-state index is 12.3. The first kappa shape index (κ1) is 22.5. The molecule has 0 aromatic carbocycles. The molecule has 1 aromatic rings. The Hall–Kier alpha value is -0.760. The molecule has 1 amide bonds. The summed E-state index contributed by atoms with van der Waals surface area (Å²) in [6, 6.07) is 1.83. The molecule has 0 spiro atoms. The van der Waals surface area contributed by atoms with Crippen molar-refractivity contribution in [2.24, 2.45) is 11.3 Å². The molecule has 7 heteroatoms. The van der Waals surface area contributed by atoms with E-state index in [1.54, 1.807) is 0 Å². The first-order valence-corrected chi connectivity index (χ1v) is 10.8. The molecule has 1 fully saturated rings. The van der Waals surface area contributed by atoms with E-state index in [9.17, 15) is 4.79 Å². The zero-order valence-electron chi connectivity index (χ0n) is 17.0. The summed E-state index contributed by atoms with van der Waals surface area (Å²) in [5.74, 6) is 1.25. The summed E-state index contributed by atoms with van der Waals surface area (Å²) in [6.07, 6.45) is 2.64. The molecule has 1 aliphatic rings. The van der Waals surface area contributed by atoms with Gasteiger partial charge in [0.1, 0.15) is 9.30 Å². The standard InChI is InChI=1S/C20H30ClIN2O3/c1-19(2,3)15(23-18(25)27-20(4,5)6)10-13-9-14(16(21)24-17(13)22)26-11-12-7-8-12/h9,12,15H,7-8,10-11H2,1-6H3,(H,23,25)/t15-/m0/s1. The van der Waals surface area contributed by atoms with Gasteiger partial charge < -0.3 is 14.8 Å². The molecule has 1 N–H and O–H groups in total. The third-order valence-electron chi connectivity index (χ3n) is 4.30. The van der Waals surface area contributed by atoms with Crippen molar-refractivity contribution in [1.29, 1.82) is 0 Å². The van der Waals surface area contributed by atoms with Crippen LogP contribution in [0, 0.1) is 15.0 Å². The van der Waals surface area contributed by atoms with E-state index < -0.39 is 11.7 Å². The van der Waals surface area contributed by atoms with Gasteiger partial charge in [-0.2, -0.15) is 0 Å². The monoisotopic (exact) mass is 508 g/mol. The van der Waals surface area contributed by atoms with Gasteiger partial charge >= 0.3 is 6.09 Å². The molecule has 27 heavy (non-hydrogen) atoms. The lowest BCUT2D eigenvalue weighted by molar-refractivity contribution is 0.0464. The van der Waals surface area contributed by atoms with E-state index in [4.69, 9.17) is 21.1 Å². The minimum absolute atomic E-state index is 0.125. The smallest absolute Gasteiger partial charge is 0.407 e. The third kappa shape index (κ3) is 7.64. The van der Waals surface area contributed by atoms with Crippen LogP contribution in [0.15, 0.2) is 6.07 Å². The van der Waals surface area contributed by atoms with Gasteiger partial charge in [0.15, 0.2) is 10.9 Å². The van der Waals surface area contributed by atoms with Gasteiger partial charge in [0.25, 0.3) is 0 Å². The molecule has 0 radical (unpaired) electrons. The molecule has 0 unspecified atom stereocenters.